The van der Waals surface area contributed by atoms with Gasteiger partial charge in [0.25, 0.3) is 0 Å². The van der Waals surface area contributed by atoms with E-state index in [0.717, 1.165) is 0 Å². The van der Waals surface area contributed by atoms with Crippen molar-refractivity contribution in [1.29, 1.82) is 0 Å². The first-order chi connectivity index (χ1) is 8.06. The summed E-state index contributed by atoms with van der Waals surface area (Å²) in [5.74, 6) is 0.556. The molecule has 0 fully saturated rings. The summed E-state index contributed by atoms with van der Waals surface area (Å²) in [6, 6.07) is 4.69. The molecule has 0 radical (unpaired) electrons. The van der Waals surface area contributed by atoms with Crippen LogP contribution in [0.25, 0.3) is 0 Å². The topological polar surface area (TPSA) is 73.8 Å². The van der Waals surface area contributed by atoms with Gasteiger partial charge in [0.2, 0.25) is 4.77 Å². The van der Waals surface area contributed by atoms with Crippen molar-refractivity contribution >= 4 is 35.3 Å². The summed E-state index contributed by atoms with van der Waals surface area (Å²) in [6.45, 7) is 1.77. The lowest BCUT2D eigenvalue weighted by Gasteiger charge is -2.09. The number of H-pyrrole nitrogens is 1. The lowest BCUT2D eigenvalue weighted by molar-refractivity contribution is 0.477. The van der Waals surface area contributed by atoms with Gasteiger partial charge in [-0.3, -0.25) is 5.10 Å². The Morgan fingerprint density at radius 2 is 2.24 bits per heavy atom. The number of rotatable bonds is 2. The van der Waals surface area contributed by atoms with Gasteiger partial charge < -0.3 is 10.4 Å². The molecular formula is C10H9ClN4OS. The Morgan fingerprint density at radius 3 is 3.00 bits per heavy atom. The van der Waals surface area contributed by atoms with Gasteiger partial charge in [-0.25, -0.2) is 0 Å². The fraction of sp³-hybridized carbons (Fsp3) is 0.100. The summed E-state index contributed by atoms with van der Waals surface area (Å²) in [7, 11) is 0. The van der Waals surface area contributed by atoms with Crippen molar-refractivity contribution in [3.63, 3.8) is 0 Å². The summed E-state index contributed by atoms with van der Waals surface area (Å²) in [5, 5.41) is 19.6. The van der Waals surface area contributed by atoms with E-state index in [1.165, 1.54) is 6.07 Å². The average molecular weight is 269 g/mol. The molecule has 1 aromatic heterocycles. The van der Waals surface area contributed by atoms with E-state index in [9.17, 15) is 5.11 Å². The number of nitrogens with one attached hydrogen (secondary N) is 2. The molecule has 1 aromatic carbocycles. The average Bonchev–Trinajstić information content (AvgIpc) is 2.28. The predicted molar refractivity (Wildman–Crippen MR) is 68.4 cm³/mol. The van der Waals surface area contributed by atoms with Crippen LogP contribution in [0.2, 0.25) is 5.02 Å². The number of halogens is 1. The van der Waals surface area contributed by atoms with E-state index >= 15 is 0 Å². The minimum absolute atomic E-state index is 0.0781. The largest absolute Gasteiger partial charge is 0.506 e. The van der Waals surface area contributed by atoms with Gasteiger partial charge in [-0.1, -0.05) is 11.6 Å². The van der Waals surface area contributed by atoms with Crippen LogP contribution in [-0.4, -0.2) is 20.3 Å². The molecular weight excluding hydrogens is 260 g/mol. The van der Waals surface area contributed by atoms with Gasteiger partial charge in [-0.15, -0.1) is 0 Å². The molecule has 0 atom stereocenters. The number of aromatic hydroxyl groups is 1. The molecule has 2 rings (SSSR count). The van der Waals surface area contributed by atoms with Crippen molar-refractivity contribution in [2.24, 2.45) is 0 Å². The molecule has 5 nitrogen and oxygen atoms in total. The Hall–Kier alpha value is -1.66. The van der Waals surface area contributed by atoms with Gasteiger partial charge in [0.05, 0.1) is 5.69 Å². The zero-order valence-corrected chi connectivity index (χ0v) is 10.4. The second kappa shape index (κ2) is 4.68. The zero-order chi connectivity index (χ0) is 12.4. The Bertz CT molecular complexity index is 613. The summed E-state index contributed by atoms with van der Waals surface area (Å²) >= 11 is 10.7. The van der Waals surface area contributed by atoms with Crippen LogP contribution < -0.4 is 5.32 Å². The van der Waals surface area contributed by atoms with Crippen molar-refractivity contribution in [3.8, 4) is 5.75 Å². The normalized spacial score (nSPS) is 10.2. The third-order valence-electron chi connectivity index (χ3n) is 2.09. The molecule has 0 aliphatic heterocycles. The van der Waals surface area contributed by atoms with Gasteiger partial charge in [-0.2, -0.15) is 10.1 Å². The highest BCUT2D eigenvalue weighted by Crippen LogP contribution is 2.29. The fourth-order valence-electron chi connectivity index (χ4n) is 1.25. The number of hydrogen-bond donors (Lipinski definition) is 3. The SMILES string of the molecule is Cc1n[nH]c(=S)nc1Nc1cc(Cl)ccc1O. The number of hydrogen-bond acceptors (Lipinski definition) is 5. The van der Waals surface area contributed by atoms with E-state index in [4.69, 9.17) is 23.8 Å². The van der Waals surface area contributed by atoms with Crippen LogP contribution in [0, 0.1) is 11.7 Å². The molecule has 0 aliphatic rings. The first-order valence-electron chi connectivity index (χ1n) is 4.75. The number of phenolic OH excluding ortho intramolecular Hbond substituents is 1. The van der Waals surface area contributed by atoms with Crippen LogP contribution in [0.1, 0.15) is 5.69 Å². The predicted octanol–water partition coefficient (Wildman–Crippen LogP) is 2.95. The number of phenols is 1. The van der Waals surface area contributed by atoms with Crippen LogP contribution in [-0.2, 0) is 0 Å². The molecule has 7 heteroatoms. The van der Waals surface area contributed by atoms with Crippen molar-refractivity contribution in [2.75, 3.05) is 5.32 Å². The van der Waals surface area contributed by atoms with E-state index < -0.39 is 0 Å². The molecule has 0 spiro atoms. The molecule has 0 saturated heterocycles. The lowest BCUT2D eigenvalue weighted by atomic mass is 10.3. The summed E-state index contributed by atoms with van der Waals surface area (Å²) in [6.07, 6.45) is 0. The Morgan fingerprint density at radius 1 is 1.47 bits per heavy atom. The lowest BCUT2D eigenvalue weighted by Crippen LogP contribution is -2.01. The number of aryl methyl sites for hydroxylation is 1. The second-order valence-corrected chi connectivity index (χ2v) is 4.18. The van der Waals surface area contributed by atoms with Crippen LogP contribution in [0.15, 0.2) is 18.2 Å². The van der Waals surface area contributed by atoms with Gasteiger partial charge in [0, 0.05) is 5.02 Å². The molecule has 1 heterocycles. The number of nitrogens with zero attached hydrogens (tertiary/aromatic N) is 2. The van der Waals surface area contributed by atoms with Gasteiger partial charge in [-0.05, 0) is 37.3 Å². The van der Waals surface area contributed by atoms with E-state index in [1.807, 2.05) is 0 Å². The first-order valence-corrected chi connectivity index (χ1v) is 5.54. The third-order valence-corrected chi connectivity index (χ3v) is 2.50. The molecule has 88 valence electrons. The van der Waals surface area contributed by atoms with Gasteiger partial charge in [0.15, 0.2) is 5.82 Å². The quantitative estimate of drug-likeness (QED) is 0.577. The molecule has 2 aromatic rings. The molecule has 0 amide bonds. The zero-order valence-electron chi connectivity index (χ0n) is 8.86. The van der Waals surface area contributed by atoms with Crippen molar-refractivity contribution in [3.05, 3.63) is 33.7 Å². The summed E-state index contributed by atoms with van der Waals surface area (Å²) in [4.78, 5) is 4.07. The molecule has 0 unspecified atom stereocenters. The Labute approximate surface area is 107 Å². The standard InChI is InChI=1S/C10H9ClN4OS/c1-5-9(13-10(17)15-14-5)12-7-4-6(11)2-3-8(7)16/h2-4,16H,1H3,(H2,12,13,15,17). The Balaban J connectivity index is 2.40. The van der Waals surface area contributed by atoms with E-state index in [-0.39, 0.29) is 10.5 Å². The van der Waals surface area contributed by atoms with Gasteiger partial charge in [0.1, 0.15) is 11.4 Å². The van der Waals surface area contributed by atoms with E-state index in [0.29, 0.717) is 22.2 Å². The van der Waals surface area contributed by atoms with Crippen molar-refractivity contribution < 1.29 is 5.11 Å². The summed E-state index contributed by atoms with van der Waals surface area (Å²) in [5.41, 5.74) is 1.09. The van der Waals surface area contributed by atoms with Crippen LogP contribution in [0.3, 0.4) is 0 Å². The number of aromatic amines is 1. The monoisotopic (exact) mass is 268 g/mol. The van der Waals surface area contributed by atoms with Crippen LogP contribution in [0.4, 0.5) is 11.5 Å². The minimum Gasteiger partial charge on any atom is -0.506 e. The molecule has 3 N–H and O–H groups in total. The maximum Gasteiger partial charge on any atom is 0.215 e. The molecule has 0 aliphatic carbocycles. The molecule has 17 heavy (non-hydrogen) atoms. The highest BCUT2D eigenvalue weighted by atomic mass is 35.5. The summed E-state index contributed by atoms with van der Waals surface area (Å²) < 4.78 is 0.264. The first kappa shape index (κ1) is 11.8. The van der Waals surface area contributed by atoms with Gasteiger partial charge >= 0.3 is 0 Å². The highest BCUT2D eigenvalue weighted by molar-refractivity contribution is 7.71. The third kappa shape index (κ3) is 2.72. The maximum atomic E-state index is 9.65. The van der Waals surface area contributed by atoms with E-state index in [1.54, 1.807) is 19.1 Å². The maximum absolute atomic E-state index is 9.65. The van der Waals surface area contributed by atoms with Crippen molar-refractivity contribution in [1.82, 2.24) is 15.2 Å². The molecule has 0 bridgehead atoms. The number of aromatic nitrogens is 3. The van der Waals surface area contributed by atoms with Crippen molar-refractivity contribution in [2.45, 2.75) is 6.92 Å². The number of anilines is 2. The molecule has 0 saturated carbocycles. The smallest absolute Gasteiger partial charge is 0.215 e. The van der Waals surface area contributed by atoms with Crippen LogP contribution in [0.5, 0.6) is 5.75 Å². The minimum atomic E-state index is 0.0781. The highest BCUT2D eigenvalue weighted by Gasteiger charge is 2.06. The van der Waals surface area contributed by atoms with E-state index in [2.05, 4.69) is 20.5 Å². The number of benzene rings is 1. The fourth-order valence-corrected chi connectivity index (χ4v) is 1.56. The Kier molecular flexibility index (Phi) is 3.26. The second-order valence-electron chi connectivity index (χ2n) is 3.36. The van der Waals surface area contributed by atoms with Crippen LogP contribution >= 0.6 is 23.8 Å².